The molecule has 6 heteroatoms. The van der Waals surface area contributed by atoms with Crippen molar-refractivity contribution in [3.05, 3.63) is 29.3 Å². The molecule has 1 unspecified atom stereocenters. The number of esters is 1. The molecule has 112 valence electrons. The monoisotopic (exact) mass is 306 g/mol. The Morgan fingerprint density at radius 1 is 1.33 bits per heavy atom. The van der Waals surface area contributed by atoms with Crippen LogP contribution in [0.2, 0.25) is 0 Å². The molecule has 2 aromatic rings. The lowest BCUT2D eigenvalue weighted by atomic mass is 10.0. The van der Waals surface area contributed by atoms with Crippen molar-refractivity contribution in [3.63, 3.8) is 0 Å². The molecule has 1 amide bonds. The highest BCUT2D eigenvalue weighted by atomic mass is 32.1. The van der Waals surface area contributed by atoms with Gasteiger partial charge in [-0.2, -0.15) is 0 Å². The Morgan fingerprint density at radius 2 is 2.05 bits per heavy atom. The highest BCUT2D eigenvalue weighted by Crippen LogP contribution is 2.22. The molecule has 1 heterocycles. The van der Waals surface area contributed by atoms with Gasteiger partial charge in [0.2, 0.25) is 5.91 Å². The van der Waals surface area contributed by atoms with Crippen molar-refractivity contribution < 1.29 is 14.3 Å². The van der Waals surface area contributed by atoms with Gasteiger partial charge in [-0.05, 0) is 18.1 Å². The van der Waals surface area contributed by atoms with Gasteiger partial charge < -0.3 is 10.1 Å². The highest BCUT2D eigenvalue weighted by Gasteiger charge is 2.24. The van der Waals surface area contributed by atoms with E-state index in [9.17, 15) is 9.59 Å². The summed E-state index contributed by atoms with van der Waals surface area (Å²) in [4.78, 5) is 27.6. The number of nitrogens with zero attached hydrogens (tertiary/aromatic N) is 1. The van der Waals surface area contributed by atoms with E-state index in [-0.39, 0.29) is 18.4 Å². The van der Waals surface area contributed by atoms with Crippen molar-refractivity contribution in [1.29, 1.82) is 0 Å². The van der Waals surface area contributed by atoms with Gasteiger partial charge in [0.15, 0.2) is 0 Å². The van der Waals surface area contributed by atoms with Crippen LogP contribution >= 0.6 is 11.3 Å². The summed E-state index contributed by atoms with van der Waals surface area (Å²) in [5.41, 5.74) is 0.899. The lowest BCUT2D eigenvalue weighted by Crippen LogP contribution is -2.44. The van der Waals surface area contributed by atoms with Gasteiger partial charge in [-0.1, -0.05) is 26.0 Å². The Hall–Kier alpha value is -1.95. The van der Waals surface area contributed by atoms with E-state index in [0.29, 0.717) is 0 Å². The molecule has 0 aliphatic rings. The molecule has 0 radical (unpaired) electrons. The van der Waals surface area contributed by atoms with Gasteiger partial charge >= 0.3 is 5.97 Å². The second-order valence-corrected chi connectivity index (χ2v) is 6.22. The molecule has 0 bridgehead atoms. The predicted octanol–water partition coefficient (Wildman–Crippen LogP) is 2.50. The molecule has 5 nitrogen and oxygen atoms in total. The summed E-state index contributed by atoms with van der Waals surface area (Å²) in [5.74, 6) is -0.707. The van der Waals surface area contributed by atoms with E-state index in [2.05, 4.69) is 10.3 Å². The number of benzene rings is 1. The molecule has 2 rings (SSSR count). The van der Waals surface area contributed by atoms with Crippen molar-refractivity contribution >= 4 is 33.4 Å². The van der Waals surface area contributed by atoms with E-state index >= 15 is 0 Å². The molecule has 0 aliphatic heterocycles. The van der Waals surface area contributed by atoms with Crippen LogP contribution in [-0.2, 0) is 20.9 Å². The number of hydrogen-bond donors (Lipinski definition) is 1. The third kappa shape index (κ3) is 4.01. The molecule has 1 aromatic heterocycles. The molecule has 1 N–H and O–H groups in total. The van der Waals surface area contributed by atoms with E-state index in [1.807, 2.05) is 38.1 Å². The van der Waals surface area contributed by atoms with Crippen molar-refractivity contribution in [2.45, 2.75) is 33.4 Å². The average Bonchev–Trinajstić information content (AvgIpc) is 2.84. The van der Waals surface area contributed by atoms with Crippen LogP contribution in [0.25, 0.3) is 10.2 Å². The first-order chi connectivity index (χ1) is 9.97. The number of thiazole rings is 1. The fraction of sp³-hybridized carbons (Fsp3) is 0.400. The minimum absolute atomic E-state index is 0.0308. The number of para-hydroxylation sites is 1. The van der Waals surface area contributed by atoms with Gasteiger partial charge in [0.05, 0.1) is 10.2 Å². The Morgan fingerprint density at radius 3 is 2.67 bits per heavy atom. The van der Waals surface area contributed by atoms with Crippen LogP contribution in [0.3, 0.4) is 0 Å². The van der Waals surface area contributed by atoms with E-state index in [4.69, 9.17) is 4.74 Å². The Labute approximate surface area is 127 Å². The van der Waals surface area contributed by atoms with Crippen LogP contribution < -0.4 is 5.32 Å². The topological polar surface area (TPSA) is 68.3 Å². The zero-order chi connectivity index (χ0) is 15.4. The van der Waals surface area contributed by atoms with Crippen molar-refractivity contribution in [2.75, 3.05) is 0 Å². The summed E-state index contributed by atoms with van der Waals surface area (Å²) < 4.78 is 6.34. The summed E-state index contributed by atoms with van der Waals surface area (Å²) in [6.07, 6.45) is 0. The molecule has 1 atom stereocenters. The fourth-order valence-corrected chi connectivity index (χ4v) is 2.80. The maximum Gasteiger partial charge on any atom is 0.329 e. The Balaban J connectivity index is 2.00. The molecule has 21 heavy (non-hydrogen) atoms. The van der Waals surface area contributed by atoms with Gasteiger partial charge in [0.25, 0.3) is 0 Å². The third-order valence-corrected chi connectivity index (χ3v) is 3.97. The quantitative estimate of drug-likeness (QED) is 0.862. The maximum atomic E-state index is 12.0. The van der Waals surface area contributed by atoms with E-state index in [1.54, 1.807) is 0 Å². The number of carbonyl (C=O) groups excluding carboxylic acids is 2. The normalized spacial score (nSPS) is 12.4. The molecule has 0 spiro atoms. The zero-order valence-electron chi connectivity index (χ0n) is 12.3. The van der Waals surface area contributed by atoms with Gasteiger partial charge in [-0.3, -0.25) is 4.79 Å². The van der Waals surface area contributed by atoms with Gasteiger partial charge in [0.1, 0.15) is 17.7 Å². The molecule has 0 aliphatic carbocycles. The highest BCUT2D eigenvalue weighted by molar-refractivity contribution is 7.18. The van der Waals surface area contributed by atoms with Crippen LogP contribution in [0.15, 0.2) is 24.3 Å². The number of nitrogens with one attached hydrogen (secondary N) is 1. The number of ether oxygens (including phenoxy) is 1. The van der Waals surface area contributed by atoms with Gasteiger partial charge in [-0.25, -0.2) is 9.78 Å². The summed E-state index contributed by atoms with van der Waals surface area (Å²) in [6.45, 7) is 5.23. The first kappa shape index (κ1) is 15.4. The number of rotatable bonds is 5. The van der Waals surface area contributed by atoms with Crippen LogP contribution in [0.4, 0.5) is 0 Å². The minimum Gasteiger partial charge on any atom is -0.457 e. The second kappa shape index (κ2) is 6.67. The number of fused-ring (bicyclic) bond motifs is 1. The first-order valence-electron chi connectivity index (χ1n) is 6.75. The van der Waals surface area contributed by atoms with Crippen molar-refractivity contribution in [2.24, 2.45) is 5.92 Å². The molecule has 0 saturated carbocycles. The van der Waals surface area contributed by atoms with Crippen LogP contribution in [-0.4, -0.2) is 22.9 Å². The fourth-order valence-electron chi connectivity index (χ4n) is 1.92. The molecule has 0 fully saturated rings. The smallest absolute Gasteiger partial charge is 0.329 e. The summed E-state index contributed by atoms with van der Waals surface area (Å²) >= 11 is 1.50. The molecular formula is C15H18N2O3S. The number of carbonyl (C=O) groups is 2. The second-order valence-electron chi connectivity index (χ2n) is 5.11. The lowest BCUT2D eigenvalue weighted by molar-refractivity contribution is -0.150. The average molecular weight is 306 g/mol. The summed E-state index contributed by atoms with van der Waals surface area (Å²) in [5, 5.41) is 3.36. The lowest BCUT2D eigenvalue weighted by Gasteiger charge is -2.19. The van der Waals surface area contributed by atoms with Crippen molar-refractivity contribution in [3.8, 4) is 0 Å². The Kier molecular flexibility index (Phi) is 4.90. The van der Waals surface area contributed by atoms with E-state index < -0.39 is 12.0 Å². The zero-order valence-corrected chi connectivity index (χ0v) is 13.1. The van der Waals surface area contributed by atoms with E-state index in [0.717, 1.165) is 15.2 Å². The first-order valence-corrected chi connectivity index (χ1v) is 7.57. The standard InChI is InChI=1S/C15H18N2O3S/c1-9(2)14(16-10(3)18)15(19)20-8-13-17-11-6-4-5-7-12(11)21-13/h4-7,9,14H,8H2,1-3H3,(H,16,18). The van der Waals surface area contributed by atoms with E-state index in [1.165, 1.54) is 18.3 Å². The van der Waals surface area contributed by atoms with Crippen molar-refractivity contribution in [1.82, 2.24) is 10.3 Å². The summed E-state index contributed by atoms with van der Waals surface area (Å²) in [6, 6.07) is 7.14. The van der Waals surface area contributed by atoms with Crippen LogP contribution in [0.5, 0.6) is 0 Å². The molecule has 1 aromatic carbocycles. The number of hydrogen-bond acceptors (Lipinski definition) is 5. The van der Waals surface area contributed by atoms with Gasteiger partial charge in [0, 0.05) is 6.92 Å². The number of amides is 1. The summed E-state index contributed by atoms with van der Waals surface area (Å²) in [7, 11) is 0. The minimum atomic E-state index is -0.628. The van der Waals surface area contributed by atoms with Gasteiger partial charge in [-0.15, -0.1) is 11.3 Å². The predicted molar refractivity (Wildman–Crippen MR) is 81.9 cm³/mol. The van der Waals surface area contributed by atoms with Crippen LogP contribution in [0.1, 0.15) is 25.8 Å². The largest absolute Gasteiger partial charge is 0.457 e. The maximum absolute atomic E-state index is 12.0. The third-order valence-electron chi connectivity index (χ3n) is 2.96. The van der Waals surface area contributed by atoms with Crippen LogP contribution in [0, 0.1) is 5.92 Å². The molecular weight excluding hydrogens is 288 g/mol. The molecule has 0 saturated heterocycles. The Bertz CT molecular complexity index is 618. The number of aromatic nitrogens is 1. The SMILES string of the molecule is CC(=O)NC(C(=O)OCc1nc2ccccc2s1)C(C)C.